The fraction of sp³-hybridized carbons (Fsp3) is 0.250. The number of aryl methyl sites for hydroxylation is 2. The molecule has 0 bridgehead atoms. The van der Waals surface area contributed by atoms with Crippen LogP contribution in [0.15, 0.2) is 28.9 Å². The number of imidazole rings is 1. The van der Waals surface area contributed by atoms with Crippen molar-refractivity contribution in [2.75, 3.05) is 5.32 Å². The Labute approximate surface area is 114 Å². The van der Waals surface area contributed by atoms with E-state index in [0.717, 1.165) is 28.3 Å². The quantitative estimate of drug-likeness (QED) is 0.911. The van der Waals surface area contributed by atoms with Gasteiger partial charge in [0.25, 0.3) is 0 Å². The molecule has 17 heavy (non-hydrogen) atoms. The number of halogens is 2. The smallest absolute Gasteiger partial charge is 0.207 e. The molecule has 0 aliphatic carbocycles. The third kappa shape index (κ3) is 2.82. The van der Waals surface area contributed by atoms with Crippen molar-refractivity contribution in [3.8, 4) is 0 Å². The van der Waals surface area contributed by atoms with E-state index in [1.165, 1.54) is 0 Å². The van der Waals surface area contributed by atoms with Gasteiger partial charge >= 0.3 is 0 Å². The fourth-order valence-corrected chi connectivity index (χ4v) is 2.13. The lowest BCUT2D eigenvalue weighted by molar-refractivity contribution is 0.771. The number of hydrogen-bond donors (Lipinski definition) is 1. The van der Waals surface area contributed by atoms with E-state index >= 15 is 0 Å². The van der Waals surface area contributed by atoms with Crippen molar-refractivity contribution >= 4 is 39.2 Å². The van der Waals surface area contributed by atoms with Crippen LogP contribution in [-0.2, 0) is 6.54 Å². The molecule has 0 radical (unpaired) electrons. The Hall–Kier alpha value is -1.000. The van der Waals surface area contributed by atoms with Crippen LogP contribution >= 0.6 is 27.5 Å². The number of nitrogens with zero attached hydrogens (tertiary/aromatic N) is 2. The summed E-state index contributed by atoms with van der Waals surface area (Å²) < 4.78 is 3.03. The third-order valence-corrected chi connectivity index (χ3v) is 3.24. The Balaban J connectivity index is 2.33. The molecule has 1 heterocycles. The molecule has 0 spiro atoms. The summed E-state index contributed by atoms with van der Waals surface area (Å²) in [7, 11) is 0. The first kappa shape index (κ1) is 12.5. The normalized spacial score (nSPS) is 10.6. The summed E-state index contributed by atoms with van der Waals surface area (Å²) in [6, 6.07) is 5.69. The van der Waals surface area contributed by atoms with Crippen LogP contribution in [0.2, 0.25) is 5.02 Å². The first-order valence-electron chi connectivity index (χ1n) is 5.36. The van der Waals surface area contributed by atoms with Crippen molar-refractivity contribution in [3.05, 3.63) is 39.6 Å². The highest BCUT2D eigenvalue weighted by Crippen LogP contribution is 2.28. The summed E-state index contributed by atoms with van der Waals surface area (Å²) in [5.74, 6) is 0.810. The lowest BCUT2D eigenvalue weighted by atomic mass is 10.3. The number of hydrogen-bond acceptors (Lipinski definition) is 2. The molecule has 0 unspecified atom stereocenters. The molecule has 0 saturated carbocycles. The van der Waals surface area contributed by atoms with Gasteiger partial charge in [-0.15, -0.1) is 0 Å². The number of aromatic nitrogens is 2. The van der Waals surface area contributed by atoms with Crippen molar-refractivity contribution in [1.29, 1.82) is 0 Å². The lowest BCUT2D eigenvalue weighted by Gasteiger charge is -2.09. The molecule has 1 aromatic carbocycles. The Morgan fingerprint density at radius 3 is 2.94 bits per heavy atom. The first-order chi connectivity index (χ1) is 8.10. The minimum absolute atomic E-state index is 0.677. The minimum Gasteiger partial charge on any atom is -0.324 e. The van der Waals surface area contributed by atoms with Crippen molar-refractivity contribution in [2.45, 2.75) is 20.4 Å². The summed E-state index contributed by atoms with van der Waals surface area (Å²) in [5, 5.41) is 3.92. The lowest BCUT2D eigenvalue weighted by Crippen LogP contribution is -2.01. The standard InChI is InChI=1S/C12H13BrClN3/c1-3-17-7-8(2)15-12(17)16-11-6-9(13)4-5-10(11)14/h4-7H,3H2,1-2H3,(H,15,16). The first-order valence-corrected chi connectivity index (χ1v) is 6.53. The number of nitrogens with one attached hydrogen (secondary N) is 1. The van der Waals surface area contributed by atoms with Crippen LogP contribution in [0.4, 0.5) is 11.6 Å². The van der Waals surface area contributed by atoms with Crippen LogP contribution in [0.1, 0.15) is 12.6 Å². The van der Waals surface area contributed by atoms with Gasteiger partial charge in [0.1, 0.15) is 0 Å². The van der Waals surface area contributed by atoms with Gasteiger partial charge in [0.2, 0.25) is 5.95 Å². The molecule has 2 aromatic rings. The second-order valence-electron chi connectivity index (χ2n) is 3.74. The Morgan fingerprint density at radius 1 is 1.47 bits per heavy atom. The maximum atomic E-state index is 6.13. The molecule has 0 saturated heterocycles. The van der Waals surface area contributed by atoms with Crippen molar-refractivity contribution < 1.29 is 0 Å². The zero-order valence-corrected chi connectivity index (χ0v) is 12.0. The van der Waals surface area contributed by atoms with Crippen LogP contribution in [0.25, 0.3) is 0 Å². The predicted molar refractivity (Wildman–Crippen MR) is 75.1 cm³/mol. The van der Waals surface area contributed by atoms with Gasteiger partial charge in [0, 0.05) is 17.2 Å². The molecular formula is C12H13BrClN3. The van der Waals surface area contributed by atoms with Gasteiger partial charge in [-0.2, -0.15) is 0 Å². The van der Waals surface area contributed by atoms with Gasteiger partial charge in [-0.25, -0.2) is 4.98 Å². The molecule has 90 valence electrons. The van der Waals surface area contributed by atoms with Gasteiger partial charge in [-0.3, -0.25) is 0 Å². The van der Waals surface area contributed by atoms with Gasteiger partial charge < -0.3 is 9.88 Å². The Morgan fingerprint density at radius 2 is 2.24 bits per heavy atom. The zero-order chi connectivity index (χ0) is 12.4. The molecule has 0 aliphatic heterocycles. The van der Waals surface area contributed by atoms with Crippen LogP contribution < -0.4 is 5.32 Å². The molecule has 0 amide bonds. The van der Waals surface area contributed by atoms with Crippen LogP contribution in [0.5, 0.6) is 0 Å². The SMILES string of the molecule is CCn1cc(C)nc1Nc1cc(Br)ccc1Cl. The van der Waals surface area contributed by atoms with Gasteiger partial charge in [0.15, 0.2) is 0 Å². The summed E-state index contributed by atoms with van der Waals surface area (Å²) in [6.07, 6.45) is 2.01. The molecule has 5 heteroatoms. The van der Waals surface area contributed by atoms with E-state index < -0.39 is 0 Å². The summed E-state index contributed by atoms with van der Waals surface area (Å²) in [6.45, 7) is 4.92. The van der Waals surface area contributed by atoms with E-state index in [1.54, 1.807) is 0 Å². The molecule has 1 aromatic heterocycles. The molecule has 0 aliphatic rings. The second kappa shape index (κ2) is 5.10. The highest BCUT2D eigenvalue weighted by Gasteiger charge is 2.07. The van der Waals surface area contributed by atoms with Gasteiger partial charge in [0.05, 0.1) is 16.4 Å². The monoisotopic (exact) mass is 313 g/mol. The topological polar surface area (TPSA) is 29.9 Å². The highest BCUT2D eigenvalue weighted by molar-refractivity contribution is 9.10. The van der Waals surface area contributed by atoms with Crippen molar-refractivity contribution in [3.63, 3.8) is 0 Å². The van der Waals surface area contributed by atoms with Gasteiger partial charge in [-0.1, -0.05) is 27.5 Å². The highest BCUT2D eigenvalue weighted by atomic mass is 79.9. The molecular weight excluding hydrogens is 302 g/mol. The number of anilines is 2. The zero-order valence-electron chi connectivity index (χ0n) is 9.67. The van der Waals surface area contributed by atoms with E-state index in [2.05, 4.69) is 33.2 Å². The Kier molecular flexibility index (Phi) is 3.74. The maximum absolute atomic E-state index is 6.13. The number of benzene rings is 1. The average molecular weight is 315 g/mol. The number of rotatable bonds is 3. The predicted octanol–water partition coefficient (Wildman–Crippen LogP) is 4.37. The second-order valence-corrected chi connectivity index (χ2v) is 5.06. The van der Waals surface area contributed by atoms with Crippen LogP contribution in [0, 0.1) is 6.92 Å². The molecule has 0 fully saturated rings. The average Bonchev–Trinajstić information content (AvgIpc) is 2.64. The van der Waals surface area contributed by atoms with Crippen molar-refractivity contribution in [2.24, 2.45) is 0 Å². The summed E-state index contributed by atoms with van der Waals surface area (Å²) in [5.41, 5.74) is 1.84. The van der Waals surface area contributed by atoms with E-state index in [-0.39, 0.29) is 0 Å². The summed E-state index contributed by atoms with van der Waals surface area (Å²) in [4.78, 5) is 4.43. The van der Waals surface area contributed by atoms with E-state index in [0.29, 0.717) is 5.02 Å². The largest absolute Gasteiger partial charge is 0.324 e. The molecule has 3 nitrogen and oxygen atoms in total. The van der Waals surface area contributed by atoms with Crippen molar-refractivity contribution in [1.82, 2.24) is 9.55 Å². The molecule has 1 N–H and O–H groups in total. The summed E-state index contributed by atoms with van der Waals surface area (Å²) >= 11 is 9.55. The van der Waals surface area contributed by atoms with Crippen LogP contribution in [-0.4, -0.2) is 9.55 Å². The molecule has 0 atom stereocenters. The van der Waals surface area contributed by atoms with Crippen LogP contribution in [0.3, 0.4) is 0 Å². The third-order valence-electron chi connectivity index (χ3n) is 2.41. The fourth-order valence-electron chi connectivity index (χ4n) is 1.60. The molecule has 2 rings (SSSR count). The van der Waals surface area contributed by atoms with E-state index in [4.69, 9.17) is 11.6 Å². The Bertz CT molecular complexity index is 537. The van der Waals surface area contributed by atoms with E-state index in [1.807, 2.05) is 35.9 Å². The maximum Gasteiger partial charge on any atom is 0.207 e. The van der Waals surface area contributed by atoms with E-state index in [9.17, 15) is 0 Å². The minimum atomic E-state index is 0.677. The van der Waals surface area contributed by atoms with Gasteiger partial charge in [-0.05, 0) is 32.0 Å².